The Morgan fingerprint density at radius 3 is 2.50 bits per heavy atom. The molecule has 5 nitrogen and oxygen atoms in total. The van der Waals surface area contributed by atoms with Gasteiger partial charge in [-0.15, -0.1) is 0 Å². The van der Waals surface area contributed by atoms with Gasteiger partial charge in [0.25, 0.3) is 5.91 Å². The molecule has 24 heavy (non-hydrogen) atoms. The Hall–Kier alpha value is -2.95. The van der Waals surface area contributed by atoms with Gasteiger partial charge in [-0.1, -0.05) is 18.2 Å². The number of anilines is 2. The van der Waals surface area contributed by atoms with Crippen LogP contribution in [0, 0.1) is 0 Å². The third-order valence-electron chi connectivity index (χ3n) is 3.40. The minimum Gasteiger partial charge on any atom is -0.379 e. The van der Waals surface area contributed by atoms with Crippen molar-refractivity contribution in [3.05, 3.63) is 60.6 Å². The number of hydrogen-bond acceptors (Lipinski definition) is 4. The lowest BCUT2D eigenvalue weighted by Crippen LogP contribution is -2.26. The summed E-state index contributed by atoms with van der Waals surface area (Å²) in [5.41, 5.74) is 2.63. The van der Waals surface area contributed by atoms with E-state index in [1.54, 1.807) is 18.5 Å². The van der Waals surface area contributed by atoms with E-state index in [1.165, 1.54) is 0 Å². The zero-order valence-electron chi connectivity index (χ0n) is 14.0. The predicted molar refractivity (Wildman–Crippen MR) is 97.3 cm³/mol. The van der Waals surface area contributed by atoms with Gasteiger partial charge in [0.05, 0.1) is 23.1 Å². The fraction of sp³-hybridized carbons (Fsp3) is 0.211. The molecule has 0 radical (unpaired) electrons. The largest absolute Gasteiger partial charge is 0.379 e. The Balaban J connectivity index is 1.79. The first-order valence-electron chi connectivity index (χ1n) is 7.82. The first-order valence-corrected chi connectivity index (χ1v) is 7.82. The van der Waals surface area contributed by atoms with Crippen LogP contribution in [0.15, 0.2) is 54.9 Å². The lowest BCUT2D eigenvalue weighted by Gasteiger charge is -2.21. The van der Waals surface area contributed by atoms with E-state index >= 15 is 0 Å². The highest BCUT2D eigenvalue weighted by Gasteiger charge is 2.12. The molecule has 122 valence electrons. The number of aromatic nitrogens is 2. The Kier molecular flexibility index (Phi) is 4.16. The number of nitrogens with one attached hydrogen (secondary N) is 2. The lowest BCUT2D eigenvalue weighted by atomic mass is 10.1. The molecular weight excluding hydrogens is 300 g/mol. The molecule has 0 saturated heterocycles. The number of carbonyl (C=O) groups excluding carboxylic acids is 1. The van der Waals surface area contributed by atoms with Crippen LogP contribution in [0.3, 0.4) is 0 Å². The van der Waals surface area contributed by atoms with E-state index in [1.807, 2.05) is 36.4 Å². The highest BCUT2D eigenvalue weighted by Crippen LogP contribution is 2.21. The van der Waals surface area contributed by atoms with Gasteiger partial charge in [0.2, 0.25) is 0 Å². The number of carbonyl (C=O) groups is 1. The quantitative estimate of drug-likeness (QED) is 0.762. The maximum Gasteiger partial charge on any atom is 0.274 e. The van der Waals surface area contributed by atoms with E-state index in [4.69, 9.17) is 0 Å². The molecule has 3 rings (SSSR count). The van der Waals surface area contributed by atoms with Crippen LogP contribution in [0.5, 0.6) is 0 Å². The van der Waals surface area contributed by atoms with Gasteiger partial charge in [0.1, 0.15) is 5.69 Å². The predicted octanol–water partition coefficient (Wildman–Crippen LogP) is 4.09. The molecule has 3 aromatic rings. The average molecular weight is 320 g/mol. The fourth-order valence-corrected chi connectivity index (χ4v) is 2.43. The molecule has 1 aromatic carbocycles. The number of rotatable bonds is 3. The summed E-state index contributed by atoms with van der Waals surface area (Å²) >= 11 is 0. The second-order valence-electron chi connectivity index (χ2n) is 6.64. The van der Waals surface area contributed by atoms with Gasteiger partial charge in [-0.3, -0.25) is 9.78 Å². The second kappa shape index (κ2) is 6.28. The number of hydrogen-bond donors (Lipinski definition) is 2. The molecule has 2 aromatic heterocycles. The first-order chi connectivity index (χ1) is 11.4. The zero-order chi connectivity index (χ0) is 17.2. The Morgan fingerprint density at radius 1 is 1.00 bits per heavy atom. The second-order valence-corrected chi connectivity index (χ2v) is 6.64. The van der Waals surface area contributed by atoms with Crippen LogP contribution >= 0.6 is 0 Å². The van der Waals surface area contributed by atoms with Crippen LogP contribution in [-0.2, 0) is 0 Å². The van der Waals surface area contributed by atoms with E-state index in [-0.39, 0.29) is 11.4 Å². The highest BCUT2D eigenvalue weighted by atomic mass is 16.1. The molecule has 1 amide bonds. The van der Waals surface area contributed by atoms with Crippen molar-refractivity contribution in [3.63, 3.8) is 0 Å². The van der Waals surface area contributed by atoms with E-state index in [2.05, 4.69) is 41.4 Å². The zero-order valence-corrected chi connectivity index (χ0v) is 14.0. The highest BCUT2D eigenvalue weighted by molar-refractivity contribution is 6.07. The van der Waals surface area contributed by atoms with Crippen LogP contribution < -0.4 is 10.6 Å². The smallest absolute Gasteiger partial charge is 0.274 e. The third kappa shape index (κ3) is 3.68. The molecule has 2 N–H and O–H groups in total. The van der Waals surface area contributed by atoms with Crippen LogP contribution in [0.1, 0.15) is 31.3 Å². The Morgan fingerprint density at radius 2 is 1.79 bits per heavy atom. The monoisotopic (exact) mass is 320 g/mol. The SMILES string of the molecule is CC(C)(C)Nc1ccc(C(=O)Nc2cccc3cccnc23)nc1. The van der Waals surface area contributed by atoms with Crippen molar-refractivity contribution >= 4 is 28.2 Å². The maximum absolute atomic E-state index is 12.4. The van der Waals surface area contributed by atoms with Crippen molar-refractivity contribution in [1.82, 2.24) is 9.97 Å². The topological polar surface area (TPSA) is 66.9 Å². The normalized spacial score (nSPS) is 11.3. The molecule has 2 heterocycles. The number of pyridine rings is 2. The summed E-state index contributed by atoms with van der Waals surface area (Å²) in [6.45, 7) is 6.21. The van der Waals surface area contributed by atoms with Crippen molar-refractivity contribution in [2.75, 3.05) is 10.6 Å². The first kappa shape index (κ1) is 15.9. The molecule has 0 bridgehead atoms. The van der Waals surface area contributed by atoms with E-state index in [0.717, 1.165) is 16.6 Å². The van der Waals surface area contributed by atoms with Gasteiger partial charge >= 0.3 is 0 Å². The molecule has 0 aliphatic rings. The van der Waals surface area contributed by atoms with Gasteiger partial charge in [-0.05, 0) is 45.0 Å². The van der Waals surface area contributed by atoms with Gasteiger partial charge < -0.3 is 10.6 Å². The fourth-order valence-electron chi connectivity index (χ4n) is 2.43. The van der Waals surface area contributed by atoms with Crippen LogP contribution in [-0.4, -0.2) is 21.4 Å². The molecule has 5 heteroatoms. The summed E-state index contributed by atoms with van der Waals surface area (Å²) in [5.74, 6) is -0.254. The Bertz CT molecular complexity index is 861. The summed E-state index contributed by atoms with van der Waals surface area (Å²) in [6, 6.07) is 13.1. The van der Waals surface area contributed by atoms with Crippen LogP contribution in [0.25, 0.3) is 10.9 Å². The summed E-state index contributed by atoms with van der Waals surface area (Å²) in [7, 11) is 0. The molecule has 0 atom stereocenters. The number of fused-ring (bicyclic) bond motifs is 1. The summed E-state index contributed by atoms with van der Waals surface area (Å²) in [6.07, 6.45) is 3.38. The number of nitrogens with zero attached hydrogens (tertiary/aromatic N) is 2. The average Bonchev–Trinajstić information content (AvgIpc) is 2.54. The number of benzene rings is 1. The minimum atomic E-state index is -0.254. The van der Waals surface area contributed by atoms with Gasteiger partial charge in [-0.2, -0.15) is 0 Å². The van der Waals surface area contributed by atoms with E-state index in [0.29, 0.717) is 11.4 Å². The molecular formula is C19H20N4O. The third-order valence-corrected chi connectivity index (χ3v) is 3.40. The van der Waals surface area contributed by atoms with Crippen molar-refractivity contribution < 1.29 is 4.79 Å². The molecule has 0 saturated carbocycles. The van der Waals surface area contributed by atoms with Crippen molar-refractivity contribution in [2.45, 2.75) is 26.3 Å². The standard InChI is InChI=1S/C19H20N4O/c1-19(2,3)23-14-9-10-16(21-12-14)18(24)22-15-8-4-6-13-7-5-11-20-17(13)15/h4-12,23H,1-3H3,(H,22,24). The van der Waals surface area contributed by atoms with Gasteiger partial charge in [0.15, 0.2) is 0 Å². The summed E-state index contributed by atoms with van der Waals surface area (Å²) in [4.78, 5) is 21.0. The van der Waals surface area contributed by atoms with Gasteiger partial charge in [-0.25, -0.2) is 4.98 Å². The lowest BCUT2D eigenvalue weighted by molar-refractivity contribution is 0.102. The number of para-hydroxylation sites is 1. The molecule has 0 spiro atoms. The molecule has 0 aliphatic heterocycles. The van der Waals surface area contributed by atoms with E-state index < -0.39 is 0 Å². The minimum absolute atomic E-state index is 0.0555. The number of amides is 1. The van der Waals surface area contributed by atoms with Crippen molar-refractivity contribution in [1.29, 1.82) is 0 Å². The molecule has 0 fully saturated rings. The maximum atomic E-state index is 12.4. The van der Waals surface area contributed by atoms with Crippen LogP contribution in [0.2, 0.25) is 0 Å². The molecule has 0 unspecified atom stereocenters. The van der Waals surface area contributed by atoms with Crippen molar-refractivity contribution in [3.8, 4) is 0 Å². The van der Waals surface area contributed by atoms with E-state index in [9.17, 15) is 4.79 Å². The molecule has 0 aliphatic carbocycles. The van der Waals surface area contributed by atoms with Gasteiger partial charge in [0, 0.05) is 17.1 Å². The van der Waals surface area contributed by atoms with Crippen molar-refractivity contribution in [2.24, 2.45) is 0 Å². The van der Waals surface area contributed by atoms with Crippen LogP contribution in [0.4, 0.5) is 11.4 Å². The summed E-state index contributed by atoms with van der Waals surface area (Å²) in [5, 5.41) is 7.18. The Labute approximate surface area is 141 Å². The summed E-state index contributed by atoms with van der Waals surface area (Å²) < 4.78 is 0.